The van der Waals surface area contributed by atoms with Gasteiger partial charge in [-0.3, -0.25) is 9.59 Å². The molecule has 0 aliphatic carbocycles. The Kier molecular flexibility index (Phi) is 61.4. The number of hydrogen-bond donors (Lipinski definition) is 3. The van der Waals surface area contributed by atoms with E-state index in [2.05, 4.69) is 31.3 Å². The molecule has 0 aliphatic heterocycles. The normalized spacial score (nSPS) is 12.7. The van der Waals surface area contributed by atoms with Gasteiger partial charge in [-0.05, 0) is 57.8 Å². The van der Waals surface area contributed by atoms with Crippen molar-refractivity contribution in [1.29, 1.82) is 0 Å². The largest absolute Gasteiger partial charge is 0.466 e. The Morgan fingerprint density at radius 2 is 0.644 bits per heavy atom. The molecule has 0 aliphatic rings. The zero-order valence-corrected chi connectivity index (χ0v) is 49.4. The number of carbonyl (C=O) groups is 2. The summed E-state index contributed by atoms with van der Waals surface area (Å²) in [5, 5.41) is 23.2. The highest BCUT2D eigenvalue weighted by atomic mass is 16.5. The van der Waals surface area contributed by atoms with Crippen molar-refractivity contribution < 1.29 is 24.5 Å². The molecule has 0 heterocycles. The highest BCUT2D eigenvalue weighted by Gasteiger charge is 2.18. The Morgan fingerprint density at radius 1 is 0.370 bits per heavy atom. The van der Waals surface area contributed by atoms with E-state index in [-0.39, 0.29) is 18.5 Å². The third-order valence-electron chi connectivity index (χ3n) is 15.5. The molecule has 0 saturated carbocycles. The fourth-order valence-electron chi connectivity index (χ4n) is 10.4. The van der Waals surface area contributed by atoms with Crippen LogP contribution in [-0.4, -0.2) is 47.4 Å². The van der Waals surface area contributed by atoms with Crippen LogP contribution in [0.4, 0.5) is 0 Å². The number of aliphatic hydroxyl groups excluding tert-OH is 2. The molecule has 6 nitrogen and oxygen atoms in total. The van der Waals surface area contributed by atoms with E-state index >= 15 is 0 Å². The van der Waals surface area contributed by atoms with Crippen LogP contribution in [0.5, 0.6) is 0 Å². The number of esters is 1. The van der Waals surface area contributed by atoms with E-state index in [0.717, 1.165) is 44.9 Å². The monoisotopic (exact) mass is 1030 g/mol. The highest BCUT2D eigenvalue weighted by molar-refractivity contribution is 5.76. The van der Waals surface area contributed by atoms with Crippen molar-refractivity contribution in [3.63, 3.8) is 0 Å². The van der Waals surface area contributed by atoms with Gasteiger partial charge < -0.3 is 20.3 Å². The summed E-state index contributed by atoms with van der Waals surface area (Å²) in [5.41, 5.74) is 0. The number of ether oxygens (including phenoxy) is 1. The van der Waals surface area contributed by atoms with Crippen LogP contribution in [-0.2, 0) is 14.3 Å². The minimum Gasteiger partial charge on any atom is -0.466 e. The van der Waals surface area contributed by atoms with Crippen LogP contribution >= 0.6 is 0 Å². The number of aliphatic hydroxyl groups is 2. The van der Waals surface area contributed by atoms with E-state index in [1.54, 1.807) is 6.08 Å². The van der Waals surface area contributed by atoms with Gasteiger partial charge in [0.25, 0.3) is 0 Å². The molecule has 0 radical (unpaired) electrons. The van der Waals surface area contributed by atoms with Crippen molar-refractivity contribution in [2.75, 3.05) is 13.2 Å². The zero-order valence-electron chi connectivity index (χ0n) is 49.4. The van der Waals surface area contributed by atoms with Crippen LogP contribution in [0.25, 0.3) is 0 Å². The van der Waals surface area contributed by atoms with E-state index < -0.39 is 12.1 Å². The lowest BCUT2D eigenvalue weighted by Crippen LogP contribution is -2.45. The number of rotatable bonds is 62. The number of hydrogen-bond acceptors (Lipinski definition) is 5. The lowest BCUT2D eigenvalue weighted by Gasteiger charge is -2.20. The number of carbonyl (C=O) groups excluding carboxylic acids is 2. The minimum absolute atomic E-state index is 0.00476. The van der Waals surface area contributed by atoms with E-state index in [0.29, 0.717) is 19.4 Å². The second-order valence-electron chi connectivity index (χ2n) is 22.8. The van der Waals surface area contributed by atoms with Gasteiger partial charge in [0.15, 0.2) is 0 Å². The molecule has 0 rings (SSSR count). The summed E-state index contributed by atoms with van der Waals surface area (Å²) in [6, 6.07) is -0.629. The molecule has 0 saturated heterocycles. The summed E-state index contributed by atoms with van der Waals surface area (Å²) in [5.74, 6) is -0.0600. The van der Waals surface area contributed by atoms with Crippen LogP contribution in [0.2, 0.25) is 0 Å². The summed E-state index contributed by atoms with van der Waals surface area (Å²) in [7, 11) is 0. The number of unbranched alkanes of at least 4 members (excludes halogenated alkanes) is 49. The van der Waals surface area contributed by atoms with Crippen LogP contribution in [0.15, 0.2) is 24.3 Å². The maximum atomic E-state index is 12.5. The van der Waals surface area contributed by atoms with Crippen molar-refractivity contribution >= 4 is 11.9 Å². The Labute approximate surface area is 456 Å². The molecular formula is C67H129NO5. The molecule has 0 aromatic heterocycles. The van der Waals surface area contributed by atoms with Crippen molar-refractivity contribution in [3.8, 4) is 0 Å². The molecule has 1 amide bonds. The SMILES string of the molecule is CCCCCCC/C=C\CCCCCCCC(=O)OCCCCCCCCCCCCCCCCCCCCCCCCC(=O)NC(CO)C(O)/C=C/CCCCCCCCCCCCCCCCCCCC. The van der Waals surface area contributed by atoms with Gasteiger partial charge in [0.05, 0.1) is 25.4 Å². The van der Waals surface area contributed by atoms with Gasteiger partial charge >= 0.3 is 5.97 Å². The molecule has 0 fully saturated rings. The Bertz CT molecular complexity index is 1140. The predicted octanol–water partition coefficient (Wildman–Crippen LogP) is 21.0. The molecule has 6 heteroatoms. The van der Waals surface area contributed by atoms with Gasteiger partial charge in [0.2, 0.25) is 5.91 Å². The lowest BCUT2D eigenvalue weighted by atomic mass is 10.0. The first-order valence-electron chi connectivity index (χ1n) is 33.1. The van der Waals surface area contributed by atoms with Gasteiger partial charge in [-0.15, -0.1) is 0 Å². The Hall–Kier alpha value is -1.66. The number of allylic oxidation sites excluding steroid dienone is 3. The summed E-state index contributed by atoms with van der Waals surface area (Å²) >= 11 is 0. The molecule has 2 unspecified atom stereocenters. The van der Waals surface area contributed by atoms with Crippen LogP contribution in [0, 0.1) is 0 Å². The lowest BCUT2D eigenvalue weighted by molar-refractivity contribution is -0.143. The van der Waals surface area contributed by atoms with E-state index in [1.165, 1.54) is 295 Å². The quantitative estimate of drug-likeness (QED) is 0.0320. The van der Waals surface area contributed by atoms with E-state index in [9.17, 15) is 19.8 Å². The fourth-order valence-corrected chi connectivity index (χ4v) is 10.4. The van der Waals surface area contributed by atoms with Gasteiger partial charge in [-0.2, -0.15) is 0 Å². The summed E-state index contributed by atoms with van der Waals surface area (Å²) in [6.45, 7) is 4.92. The van der Waals surface area contributed by atoms with Crippen molar-refractivity contribution in [2.24, 2.45) is 0 Å². The van der Waals surface area contributed by atoms with Gasteiger partial charge in [0, 0.05) is 12.8 Å². The topological polar surface area (TPSA) is 95.9 Å². The first-order valence-corrected chi connectivity index (χ1v) is 33.1. The Morgan fingerprint density at radius 3 is 0.973 bits per heavy atom. The predicted molar refractivity (Wildman–Crippen MR) is 320 cm³/mol. The molecule has 0 aromatic carbocycles. The third kappa shape index (κ3) is 59.4. The Balaban J connectivity index is 3.41. The number of amides is 1. The molecular weight excluding hydrogens is 899 g/mol. The summed E-state index contributed by atoms with van der Waals surface area (Å²) in [4.78, 5) is 24.6. The van der Waals surface area contributed by atoms with Gasteiger partial charge in [-0.25, -0.2) is 0 Å². The van der Waals surface area contributed by atoms with Gasteiger partial charge in [0.1, 0.15) is 0 Å². The molecule has 73 heavy (non-hydrogen) atoms. The fraction of sp³-hybridized carbons (Fsp3) is 0.910. The maximum Gasteiger partial charge on any atom is 0.305 e. The third-order valence-corrected chi connectivity index (χ3v) is 15.5. The molecule has 432 valence electrons. The van der Waals surface area contributed by atoms with Crippen molar-refractivity contribution in [3.05, 3.63) is 24.3 Å². The zero-order chi connectivity index (χ0) is 52.9. The number of nitrogens with one attached hydrogen (secondary N) is 1. The average molecular weight is 1030 g/mol. The second kappa shape index (κ2) is 62.9. The second-order valence-corrected chi connectivity index (χ2v) is 22.8. The summed E-state index contributed by atoms with van der Waals surface area (Å²) in [6.07, 6.45) is 78.0. The van der Waals surface area contributed by atoms with Crippen molar-refractivity contribution in [2.45, 2.75) is 379 Å². The van der Waals surface area contributed by atoms with E-state index in [4.69, 9.17) is 4.74 Å². The molecule has 2 atom stereocenters. The standard InChI is InChI=1S/C67H129NO5/c1-3-5-7-9-11-13-15-17-19-20-21-26-29-32-35-39-43-47-51-55-59-65(70)64(63-69)68-66(71)60-56-52-48-44-40-36-33-30-27-24-22-23-25-28-31-34-38-42-46-50-54-58-62-73-67(72)61-57-53-49-45-41-37-18-16-14-12-10-8-6-4-2/h16,18,55,59,64-65,69-70H,3-15,17,19-54,56-58,60-63H2,1-2H3,(H,68,71)/b18-16-,59-55+. The molecule has 0 spiro atoms. The summed E-state index contributed by atoms with van der Waals surface area (Å²) < 4.78 is 5.48. The van der Waals surface area contributed by atoms with Gasteiger partial charge in [-0.1, -0.05) is 321 Å². The molecule has 0 aromatic rings. The van der Waals surface area contributed by atoms with Crippen molar-refractivity contribution in [1.82, 2.24) is 5.32 Å². The van der Waals surface area contributed by atoms with Crippen LogP contribution in [0.3, 0.4) is 0 Å². The molecule has 3 N–H and O–H groups in total. The maximum absolute atomic E-state index is 12.5. The smallest absolute Gasteiger partial charge is 0.305 e. The minimum atomic E-state index is -0.845. The average Bonchev–Trinajstić information content (AvgIpc) is 3.39. The molecule has 0 bridgehead atoms. The van der Waals surface area contributed by atoms with Crippen LogP contribution < -0.4 is 5.32 Å². The first kappa shape index (κ1) is 71.3. The first-order chi connectivity index (χ1) is 36.0. The van der Waals surface area contributed by atoms with E-state index in [1.807, 2.05) is 6.08 Å². The highest BCUT2D eigenvalue weighted by Crippen LogP contribution is 2.18. The van der Waals surface area contributed by atoms with Crippen LogP contribution in [0.1, 0.15) is 367 Å².